The Kier molecular flexibility index (Phi) is 4.92. The van der Waals surface area contributed by atoms with Crippen molar-refractivity contribution in [2.75, 3.05) is 0 Å². The third-order valence-corrected chi connectivity index (χ3v) is 5.49. The highest BCUT2D eigenvalue weighted by atomic mass is 16.3. The van der Waals surface area contributed by atoms with Crippen LogP contribution >= 0.6 is 0 Å². The molecule has 0 fully saturated rings. The molecule has 1 N–H and O–H groups in total. The fourth-order valence-electron chi connectivity index (χ4n) is 3.91. The van der Waals surface area contributed by atoms with Crippen LogP contribution in [0, 0.1) is 10.8 Å². The van der Waals surface area contributed by atoms with Gasteiger partial charge in [0, 0.05) is 19.0 Å². The molecule has 0 saturated carbocycles. The lowest BCUT2D eigenvalue weighted by atomic mass is 9.95. The Bertz CT molecular complexity index is 1300. The maximum absolute atomic E-state index is 13.2. The summed E-state index contributed by atoms with van der Waals surface area (Å²) in [5, 5.41) is 2.96. The van der Waals surface area contributed by atoms with Crippen molar-refractivity contribution in [3.63, 3.8) is 0 Å². The van der Waals surface area contributed by atoms with Crippen LogP contribution in [0.5, 0.6) is 0 Å². The van der Waals surface area contributed by atoms with Crippen LogP contribution in [0.3, 0.4) is 0 Å². The van der Waals surface area contributed by atoms with Gasteiger partial charge in [-0.15, -0.1) is 4.91 Å². The molecule has 1 atom stereocenters. The van der Waals surface area contributed by atoms with Gasteiger partial charge in [0.15, 0.2) is 11.6 Å². The maximum atomic E-state index is 13.2. The topological polar surface area (TPSA) is 93.2 Å². The number of hydrogen-bond donors (Lipinski definition) is 1. The van der Waals surface area contributed by atoms with Crippen molar-refractivity contribution in [2.24, 2.45) is 11.1 Å². The Morgan fingerprint density at radius 1 is 1.19 bits per heavy atom. The molecule has 1 aromatic heterocycles. The first-order chi connectivity index (χ1) is 15.2. The first-order valence-electron chi connectivity index (χ1n) is 10.1. The van der Waals surface area contributed by atoms with E-state index in [9.17, 15) is 9.70 Å². The Hall–Kier alpha value is -4.00. The number of benzene rings is 1. The molecule has 7 nitrogen and oxygen atoms in total. The zero-order valence-electron chi connectivity index (χ0n) is 16.7. The number of allylic oxidation sites excluding steroid dienone is 3. The number of nitrogens with one attached hydrogen (secondary N) is 1. The molecule has 1 unspecified atom stereocenters. The second-order valence-corrected chi connectivity index (χ2v) is 7.62. The highest BCUT2D eigenvalue weighted by Gasteiger charge is 2.22. The van der Waals surface area contributed by atoms with Crippen molar-refractivity contribution >= 4 is 0 Å². The fraction of sp³-hybridized carbons (Fsp3) is 0.167. The van der Waals surface area contributed by atoms with Crippen LogP contribution < -0.4 is 5.56 Å². The lowest BCUT2D eigenvalue weighted by Gasteiger charge is -2.12. The second-order valence-electron chi connectivity index (χ2n) is 7.62. The highest BCUT2D eigenvalue weighted by Crippen LogP contribution is 2.25. The van der Waals surface area contributed by atoms with E-state index >= 15 is 0 Å². The van der Waals surface area contributed by atoms with E-state index < -0.39 is 0 Å². The van der Waals surface area contributed by atoms with E-state index in [1.807, 2.05) is 48.5 Å². The number of fused-ring (bicyclic) bond motifs is 1. The number of H-pyrrole nitrogens is 1. The molecule has 0 spiro atoms. The molecule has 3 aliphatic rings. The minimum Gasteiger partial charge on any atom is -0.463 e. The predicted molar refractivity (Wildman–Crippen MR) is 117 cm³/mol. The summed E-state index contributed by atoms with van der Waals surface area (Å²) in [5.74, 6) is 1.37. The lowest BCUT2D eigenvalue weighted by Crippen LogP contribution is -2.19. The van der Waals surface area contributed by atoms with Gasteiger partial charge in [-0.1, -0.05) is 42.5 Å². The van der Waals surface area contributed by atoms with Crippen molar-refractivity contribution in [1.82, 2.24) is 14.5 Å². The van der Waals surface area contributed by atoms with Gasteiger partial charge in [-0.2, -0.15) is 0 Å². The van der Waals surface area contributed by atoms with Crippen molar-refractivity contribution in [3.05, 3.63) is 111 Å². The number of imidazole rings is 1. The number of nitroso groups, excluding NO2 is 1. The molecule has 5 rings (SSSR count). The Morgan fingerprint density at radius 3 is 2.77 bits per heavy atom. The molecule has 1 aliphatic carbocycles. The SMILES string of the molecule is O=NC1=CCC(Cc2nc3c(Cc4ccccc4)[nH]c(-c4ccco4)cn-3c2=O)C=C1. The zero-order chi connectivity index (χ0) is 21.2. The third-order valence-electron chi connectivity index (χ3n) is 5.49. The predicted octanol–water partition coefficient (Wildman–Crippen LogP) is 4.62. The first-order valence-corrected chi connectivity index (χ1v) is 10.1. The van der Waals surface area contributed by atoms with Crippen molar-refractivity contribution in [3.8, 4) is 17.3 Å². The van der Waals surface area contributed by atoms with Gasteiger partial charge in [0.25, 0.3) is 5.56 Å². The average Bonchev–Trinajstić information content (AvgIpc) is 3.45. The van der Waals surface area contributed by atoms with Gasteiger partial charge in [-0.05, 0) is 41.3 Å². The molecular weight excluding hydrogens is 392 g/mol. The monoisotopic (exact) mass is 412 g/mol. The summed E-state index contributed by atoms with van der Waals surface area (Å²) >= 11 is 0. The van der Waals surface area contributed by atoms with Crippen molar-refractivity contribution < 1.29 is 4.42 Å². The van der Waals surface area contributed by atoms with E-state index in [4.69, 9.17) is 9.40 Å². The molecule has 2 aromatic rings. The first kappa shape index (κ1) is 19.0. The Balaban J connectivity index is 1.56. The van der Waals surface area contributed by atoms with Crippen molar-refractivity contribution in [1.29, 1.82) is 0 Å². The number of aromatic nitrogens is 3. The number of nitrogens with zero attached hydrogens (tertiary/aromatic N) is 3. The van der Waals surface area contributed by atoms with Gasteiger partial charge in [0.05, 0.1) is 17.7 Å². The number of rotatable bonds is 6. The summed E-state index contributed by atoms with van der Waals surface area (Å²) in [7, 11) is 0. The van der Waals surface area contributed by atoms with E-state index in [0.717, 1.165) is 11.3 Å². The molecule has 0 bridgehead atoms. The normalized spacial score (nSPS) is 15.9. The average molecular weight is 412 g/mol. The Morgan fingerprint density at radius 2 is 2.06 bits per heavy atom. The molecular formula is C24H20N4O3. The van der Waals surface area contributed by atoms with Gasteiger partial charge >= 0.3 is 0 Å². The molecule has 3 heterocycles. The molecule has 0 amide bonds. The molecule has 0 saturated heterocycles. The Labute approximate surface area is 178 Å². The van der Waals surface area contributed by atoms with Crippen LogP contribution in [-0.2, 0) is 12.8 Å². The van der Waals surface area contributed by atoms with Gasteiger partial charge < -0.3 is 9.40 Å². The minimum atomic E-state index is -0.136. The van der Waals surface area contributed by atoms with Crippen LogP contribution in [0.4, 0.5) is 0 Å². The molecule has 31 heavy (non-hydrogen) atoms. The summed E-state index contributed by atoms with van der Waals surface area (Å²) in [5.41, 5.74) is 3.47. The lowest BCUT2D eigenvalue weighted by molar-refractivity contribution is 0.578. The number of furan rings is 1. The van der Waals surface area contributed by atoms with Gasteiger partial charge in [-0.3, -0.25) is 9.36 Å². The summed E-state index contributed by atoms with van der Waals surface area (Å²) < 4.78 is 7.15. The van der Waals surface area contributed by atoms with Crippen LogP contribution in [0.25, 0.3) is 17.3 Å². The van der Waals surface area contributed by atoms with Crippen LogP contribution in [0.1, 0.15) is 23.4 Å². The van der Waals surface area contributed by atoms with Gasteiger partial charge in [0.2, 0.25) is 0 Å². The van der Waals surface area contributed by atoms with Crippen LogP contribution in [0.2, 0.25) is 0 Å². The molecule has 7 heteroatoms. The van der Waals surface area contributed by atoms with E-state index in [2.05, 4.69) is 10.2 Å². The standard InChI is InChI=1S/C24H20N4O3/c29-24-20(14-17-8-10-18(27-30)11-9-17)26-23-19(13-16-5-2-1-3-6-16)25-21(15-28(23)24)22-7-4-12-31-22/h1-8,10-12,15,17,25H,9,13-14H2. The number of hydrogen-bond acceptors (Lipinski definition) is 5. The van der Waals surface area contributed by atoms with E-state index in [1.54, 1.807) is 29.2 Å². The summed E-state index contributed by atoms with van der Waals surface area (Å²) in [6.45, 7) is 0. The molecule has 1 aromatic carbocycles. The highest BCUT2D eigenvalue weighted by molar-refractivity contribution is 5.54. The van der Waals surface area contributed by atoms with Crippen LogP contribution in [-0.4, -0.2) is 14.5 Å². The minimum absolute atomic E-state index is 0.106. The molecule has 154 valence electrons. The summed E-state index contributed by atoms with van der Waals surface area (Å²) in [4.78, 5) is 32.0. The third kappa shape index (κ3) is 3.77. The van der Waals surface area contributed by atoms with Crippen LogP contribution in [0.15, 0.2) is 93.2 Å². The quantitative estimate of drug-likeness (QED) is 0.468. The fourth-order valence-corrected chi connectivity index (χ4v) is 3.91. The van der Waals surface area contributed by atoms with E-state index in [-0.39, 0.29) is 11.5 Å². The number of aromatic amines is 1. The molecule has 2 aliphatic heterocycles. The van der Waals surface area contributed by atoms with E-state index in [1.165, 1.54) is 0 Å². The van der Waals surface area contributed by atoms with Gasteiger partial charge in [0.1, 0.15) is 11.4 Å². The zero-order valence-corrected chi connectivity index (χ0v) is 16.7. The maximum Gasteiger partial charge on any atom is 0.278 e. The van der Waals surface area contributed by atoms with E-state index in [0.29, 0.717) is 47.9 Å². The summed E-state index contributed by atoms with van der Waals surface area (Å²) in [6.07, 6.45) is 10.5. The summed E-state index contributed by atoms with van der Waals surface area (Å²) in [6, 6.07) is 13.7. The largest absolute Gasteiger partial charge is 0.463 e. The van der Waals surface area contributed by atoms with Crippen molar-refractivity contribution in [2.45, 2.75) is 19.3 Å². The second kappa shape index (κ2) is 8.02. The molecule has 0 radical (unpaired) electrons. The smallest absolute Gasteiger partial charge is 0.278 e. The van der Waals surface area contributed by atoms with Gasteiger partial charge in [-0.25, -0.2) is 4.98 Å².